The van der Waals surface area contributed by atoms with Crippen LogP contribution in [-0.2, 0) is 11.0 Å². The van der Waals surface area contributed by atoms with Gasteiger partial charge in [0.25, 0.3) is 0 Å². The molecule has 0 aliphatic heterocycles. The number of hydrogen-bond donors (Lipinski definition) is 1. The molecule has 1 aromatic heterocycles. The van der Waals surface area contributed by atoms with Crippen LogP contribution in [0.2, 0.25) is 0 Å². The number of carbonyl (C=O) groups excluding carboxylic acids is 1. The van der Waals surface area contributed by atoms with Crippen LogP contribution >= 0.6 is 23.1 Å². The monoisotopic (exact) mass is 408 g/mol. The molecule has 3 aromatic rings. The van der Waals surface area contributed by atoms with Crippen LogP contribution in [0.5, 0.6) is 0 Å². The highest BCUT2D eigenvalue weighted by Gasteiger charge is 2.31. The van der Waals surface area contributed by atoms with E-state index >= 15 is 0 Å². The van der Waals surface area contributed by atoms with E-state index in [-0.39, 0.29) is 5.69 Å². The van der Waals surface area contributed by atoms with Gasteiger partial charge in [0.1, 0.15) is 5.25 Å². The topological polar surface area (TPSA) is 42.0 Å². The van der Waals surface area contributed by atoms with Gasteiger partial charge in [-0.2, -0.15) is 13.2 Å². The first kappa shape index (κ1) is 19.4. The number of anilines is 1. The largest absolute Gasteiger partial charge is 0.416 e. The maximum absolute atomic E-state index is 12.9. The number of hydrogen-bond acceptors (Lipinski definition) is 4. The fourth-order valence-corrected chi connectivity index (χ4v) is 4.40. The summed E-state index contributed by atoms with van der Waals surface area (Å²) in [6.45, 7) is 1.86. The standard InChI is InChI=1S/C19H15F3N2OS2/c1-12-11-26-18(23-12)27-16(13-6-3-2-4-7-13)17(25)24-15-9-5-8-14(10-15)19(20,21)22/h2-11,16H,1H3,(H,24,25)/t16-/m1/s1. The van der Waals surface area contributed by atoms with Crippen LogP contribution < -0.4 is 5.32 Å². The minimum atomic E-state index is -4.47. The Hall–Kier alpha value is -2.32. The average molecular weight is 408 g/mol. The highest BCUT2D eigenvalue weighted by Crippen LogP contribution is 2.38. The van der Waals surface area contributed by atoms with E-state index in [0.29, 0.717) is 0 Å². The van der Waals surface area contributed by atoms with Crippen LogP contribution in [0.15, 0.2) is 64.3 Å². The number of rotatable bonds is 5. The Morgan fingerprint density at radius 1 is 1.15 bits per heavy atom. The summed E-state index contributed by atoms with van der Waals surface area (Å²) in [5.41, 5.74) is 0.902. The summed E-state index contributed by atoms with van der Waals surface area (Å²) in [6.07, 6.45) is -4.47. The third-order valence-corrected chi connectivity index (χ3v) is 5.96. The molecular weight excluding hydrogens is 393 g/mol. The number of amides is 1. The average Bonchev–Trinajstić information content (AvgIpc) is 3.05. The number of benzene rings is 2. The predicted molar refractivity (Wildman–Crippen MR) is 102 cm³/mol. The molecule has 0 bridgehead atoms. The van der Waals surface area contributed by atoms with E-state index in [2.05, 4.69) is 10.3 Å². The molecule has 0 unspecified atom stereocenters. The number of nitrogens with zero attached hydrogens (tertiary/aromatic N) is 1. The second kappa shape index (κ2) is 8.14. The molecule has 8 heteroatoms. The minimum Gasteiger partial charge on any atom is -0.325 e. The summed E-state index contributed by atoms with van der Waals surface area (Å²) in [5, 5.41) is 3.85. The molecule has 0 radical (unpaired) electrons. The highest BCUT2D eigenvalue weighted by molar-refractivity contribution is 8.01. The SMILES string of the molecule is Cc1csc(S[C@@H](C(=O)Nc2cccc(C(F)(F)F)c2)c2ccccc2)n1. The number of thioether (sulfide) groups is 1. The molecule has 3 nitrogen and oxygen atoms in total. The van der Waals surface area contributed by atoms with E-state index in [9.17, 15) is 18.0 Å². The smallest absolute Gasteiger partial charge is 0.325 e. The van der Waals surface area contributed by atoms with Gasteiger partial charge in [0.2, 0.25) is 5.91 Å². The summed E-state index contributed by atoms with van der Waals surface area (Å²) in [4.78, 5) is 17.2. The molecule has 3 rings (SSSR count). The lowest BCUT2D eigenvalue weighted by atomic mass is 10.1. The molecule has 0 saturated carbocycles. The number of aryl methyl sites for hydroxylation is 1. The molecule has 1 atom stereocenters. The molecule has 0 saturated heterocycles. The number of nitrogens with one attached hydrogen (secondary N) is 1. The van der Waals surface area contributed by atoms with Gasteiger partial charge < -0.3 is 5.32 Å². The first-order valence-corrected chi connectivity index (χ1v) is 9.71. The molecule has 1 amide bonds. The van der Waals surface area contributed by atoms with E-state index in [1.807, 2.05) is 42.6 Å². The molecule has 0 aliphatic carbocycles. The van der Waals surface area contributed by atoms with Crippen LogP contribution in [0, 0.1) is 6.92 Å². The Morgan fingerprint density at radius 2 is 1.89 bits per heavy atom. The van der Waals surface area contributed by atoms with Gasteiger partial charge in [0.05, 0.1) is 5.56 Å². The van der Waals surface area contributed by atoms with E-state index < -0.39 is 22.9 Å². The van der Waals surface area contributed by atoms with Crippen molar-refractivity contribution in [2.75, 3.05) is 5.32 Å². The zero-order valence-electron chi connectivity index (χ0n) is 14.2. The molecule has 1 N–H and O–H groups in total. The van der Waals surface area contributed by atoms with Crippen molar-refractivity contribution in [2.45, 2.75) is 22.7 Å². The van der Waals surface area contributed by atoms with Gasteiger partial charge in [-0.3, -0.25) is 4.79 Å². The molecule has 0 aliphatic rings. The van der Waals surface area contributed by atoms with Crippen molar-refractivity contribution < 1.29 is 18.0 Å². The van der Waals surface area contributed by atoms with Gasteiger partial charge in [-0.05, 0) is 30.7 Å². The van der Waals surface area contributed by atoms with Crippen molar-refractivity contribution in [3.63, 3.8) is 0 Å². The van der Waals surface area contributed by atoms with Crippen molar-refractivity contribution in [1.82, 2.24) is 4.98 Å². The lowest BCUT2D eigenvalue weighted by Gasteiger charge is -2.16. The quantitative estimate of drug-likeness (QED) is 0.531. The number of carbonyl (C=O) groups is 1. The third kappa shape index (κ3) is 5.11. The Bertz CT molecular complexity index is 926. The zero-order chi connectivity index (χ0) is 19.4. The second-order valence-corrected chi connectivity index (χ2v) is 7.94. The summed E-state index contributed by atoms with van der Waals surface area (Å²) in [5.74, 6) is -0.404. The molecule has 140 valence electrons. The van der Waals surface area contributed by atoms with Crippen LogP contribution in [0.4, 0.5) is 18.9 Å². The maximum atomic E-state index is 12.9. The minimum absolute atomic E-state index is 0.103. The van der Waals surface area contributed by atoms with Crippen LogP contribution in [0.25, 0.3) is 0 Å². The van der Waals surface area contributed by atoms with Crippen molar-refractivity contribution in [3.05, 3.63) is 76.8 Å². The van der Waals surface area contributed by atoms with Gasteiger partial charge in [-0.15, -0.1) is 11.3 Å². The van der Waals surface area contributed by atoms with Crippen LogP contribution in [0.3, 0.4) is 0 Å². The summed E-state index contributed by atoms with van der Waals surface area (Å²) in [6, 6.07) is 13.7. The Kier molecular flexibility index (Phi) is 5.86. The summed E-state index contributed by atoms with van der Waals surface area (Å²) >= 11 is 2.70. The summed E-state index contributed by atoms with van der Waals surface area (Å²) < 4.78 is 39.4. The third-order valence-electron chi connectivity index (χ3n) is 3.61. The van der Waals surface area contributed by atoms with Gasteiger partial charge in [0.15, 0.2) is 4.34 Å². The lowest BCUT2D eigenvalue weighted by molar-refractivity contribution is -0.137. The number of aromatic nitrogens is 1. The lowest BCUT2D eigenvalue weighted by Crippen LogP contribution is -2.19. The Balaban J connectivity index is 1.85. The fraction of sp³-hybridized carbons (Fsp3) is 0.158. The van der Waals surface area contributed by atoms with Gasteiger partial charge in [0, 0.05) is 16.8 Å². The first-order chi connectivity index (χ1) is 12.8. The predicted octanol–water partition coefficient (Wildman–Crippen LogP) is 5.94. The molecule has 0 spiro atoms. The molecule has 1 heterocycles. The molecule has 2 aromatic carbocycles. The number of thiazole rings is 1. The highest BCUT2D eigenvalue weighted by atomic mass is 32.2. The van der Waals surface area contributed by atoms with Crippen molar-refractivity contribution >= 4 is 34.7 Å². The maximum Gasteiger partial charge on any atom is 0.416 e. The van der Waals surface area contributed by atoms with E-state index in [0.717, 1.165) is 27.7 Å². The van der Waals surface area contributed by atoms with Crippen LogP contribution in [0.1, 0.15) is 22.1 Å². The van der Waals surface area contributed by atoms with Gasteiger partial charge in [-0.1, -0.05) is 48.2 Å². The van der Waals surface area contributed by atoms with E-state index in [4.69, 9.17) is 0 Å². The van der Waals surface area contributed by atoms with Crippen molar-refractivity contribution in [3.8, 4) is 0 Å². The molecule has 27 heavy (non-hydrogen) atoms. The van der Waals surface area contributed by atoms with Gasteiger partial charge in [-0.25, -0.2) is 4.98 Å². The van der Waals surface area contributed by atoms with Crippen LogP contribution in [-0.4, -0.2) is 10.9 Å². The second-order valence-electron chi connectivity index (χ2n) is 5.73. The van der Waals surface area contributed by atoms with Crippen molar-refractivity contribution in [2.24, 2.45) is 0 Å². The number of halogens is 3. The van der Waals surface area contributed by atoms with E-state index in [1.165, 1.54) is 35.2 Å². The Morgan fingerprint density at radius 3 is 2.52 bits per heavy atom. The first-order valence-electron chi connectivity index (χ1n) is 7.95. The van der Waals surface area contributed by atoms with Crippen molar-refractivity contribution in [1.29, 1.82) is 0 Å². The normalized spacial score (nSPS) is 12.6. The zero-order valence-corrected chi connectivity index (χ0v) is 15.8. The summed E-state index contributed by atoms with van der Waals surface area (Å²) in [7, 11) is 0. The number of alkyl halides is 3. The van der Waals surface area contributed by atoms with E-state index in [1.54, 1.807) is 0 Å². The Labute approximate surface area is 162 Å². The molecular formula is C19H15F3N2OS2. The molecule has 0 fully saturated rings. The fourth-order valence-electron chi connectivity index (χ4n) is 2.37. The van der Waals surface area contributed by atoms with Gasteiger partial charge >= 0.3 is 6.18 Å².